The van der Waals surface area contributed by atoms with Gasteiger partial charge >= 0.3 is 0 Å². The van der Waals surface area contributed by atoms with E-state index in [4.69, 9.17) is 0 Å². The second-order valence-electron chi connectivity index (χ2n) is 5.71. The molecule has 20 heavy (non-hydrogen) atoms. The average Bonchev–Trinajstić information content (AvgIpc) is 2.92. The lowest BCUT2D eigenvalue weighted by atomic mass is 10.2. The molecule has 1 atom stereocenters. The third-order valence-electron chi connectivity index (χ3n) is 4.31. The third kappa shape index (κ3) is 3.39. The number of halogens is 2. The zero-order valence-electron chi connectivity index (χ0n) is 11.6. The molecular formula is C15H21BrFN3. The van der Waals surface area contributed by atoms with Crippen molar-refractivity contribution in [1.82, 2.24) is 15.1 Å². The highest BCUT2D eigenvalue weighted by Crippen LogP contribution is 2.21. The van der Waals surface area contributed by atoms with Crippen molar-refractivity contribution in [3.8, 4) is 0 Å². The molecule has 3 rings (SSSR count). The molecule has 0 bridgehead atoms. The van der Waals surface area contributed by atoms with Gasteiger partial charge in [0.25, 0.3) is 0 Å². The molecule has 0 radical (unpaired) electrons. The van der Waals surface area contributed by atoms with Crippen LogP contribution in [0.3, 0.4) is 0 Å². The first-order chi connectivity index (χ1) is 9.72. The Labute approximate surface area is 128 Å². The molecule has 2 aliphatic rings. The molecule has 2 aliphatic heterocycles. The molecule has 0 amide bonds. The van der Waals surface area contributed by atoms with Gasteiger partial charge in [0.05, 0.1) is 4.47 Å². The van der Waals surface area contributed by atoms with Gasteiger partial charge in [0.15, 0.2) is 0 Å². The molecule has 2 saturated heterocycles. The second kappa shape index (κ2) is 6.52. The van der Waals surface area contributed by atoms with E-state index < -0.39 is 0 Å². The number of piperazine rings is 1. The van der Waals surface area contributed by atoms with Gasteiger partial charge in [-0.3, -0.25) is 9.80 Å². The maximum absolute atomic E-state index is 13.5. The minimum atomic E-state index is -0.166. The molecular weight excluding hydrogens is 321 g/mol. The van der Waals surface area contributed by atoms with Crippen molar-refractivity contribution >= 4 is 15.9 Å². The monoisotopic (exact) mass is 341 g/mol. The van der Waals surface area contributed by atoms with Crippen LogP contribution in [-0.4, -0.2) is 55.1 Å². The van der Waals surface area contributed by atoms with Gasteiger partial charge in [0, 0.05) is 51.9 Å². The number of hydrogen-bond acceptors (Lipinski definition) is 3. The van der Waals surface area contributed by atoms with Gasteiger partial charge < -0.3 is 5.32 Å². The van der Waals surface area contributed by atoms with E-state index in [9.17, 15) is 4.39 Å². The minimum absolute atomic E-state index is 0.166. The van der Waals surface area contributed by atoms with Gasteiger partial charge in [0.2, 0.25) is 0 Å². The molecule has 0 spiro atoms. The van der Waals surface area contributed by atoms with E-state index in [1.807, 2.05) is 6.07 Å². The van der Waals surface area contributed by atoms with E-state index in [2.05, 4.69) is 31.0 Å². The van der Waals surface area contributed by atoms with Crippen molar-refractivity contribution < 1.29 is 4.39 Å². The lowest BCUT2D eigenvalue weighted by Gasteiger charge is -2.32. The summed E-state index contributed by atoms with van der Waals surface area (Å²) in [6.07, 6.45) is 1.24. The number of rotatable bonds is 3. The summed E-state index contributed by atoms with van der Waals surface area (Å²) >= 11 is 3.20. The molecule has 0 aliphatic carbocycles. The van der Waals surface area contributed by atoms with Crippen molar-refractivity contribution in [2.24, 2.45) is 0 Å². The Hall–Kier alpha value is -0.490. The molecule has 1 N–H and O–H groups in total. The maximum Gasteiger partial charge on any atom is 0.137 e. The number of hydrogen-bond donors (Lipinski definition) is 1. The fourth-order valence-corrected chi connectivity index (χ4v) is 3.44. The highest BCUT2D eigenvalue weighted by Gasteiger charge is 2.28. The first kappa shape index (κ1) is 14.4. The van der Waals surface area contributed by atoms with E-state index in [0.29, 0.717) is 10.5 Å². The topological polar surface area (TPSA) is 18.5 Å². The summed E-state index contributed by atoms with van der Waals surface area (Å²) in [4.78, 5) is 5.04. The molecule has 0 aromatic heterocycles. The minimum Gasteiger partial charge on any atom is -0.314 e. The Balaban J connectivity index is 1.55. The summed E-state index contributed by atoms with van der Waals surface area (Å²) in [5.74, 6) is -0.166. The van der Waals surface area contributed by atoms with E-state index in [0.717, 1.165) is 51.4 Å². The Kier molecular flexibility index (Phi) is 4.71. The SMILES string of the molecule is Fc1cc(CN2CCC(N3CCNCC3)C2)ccc1Br. The quantitative estimate of drug-likeness (QED) is 0.907. The van der Waals surface area contributed by atoms with Gasteiger partial charge in [-0.15, -0.1) is 0 Å². The molecule has 0 saturated carbocycles. The summed E-state index contributed by atoms with van der Waals surface area (Å²) in [6, 6.07) is 6.12. The molecule has 110 valence electrons. The summed E-state index contributed by atoms with van der Waals surface area (Å²) < 4.78 is 14.1. The lowest BCUT2D eigenvalue weighted by molar-refractivity contribution is 0.170. The second-order valence-corrected chi connectivity index (χ2v) is 6.57. The molecule has 2 heterocycles. The van der Waals surface area contributed by atoms with Crippen molar-refractivity contribution in [3.05, 3.63) is 34.1 Å². The standard InChI is InChI=1S/C15H21BrFN3/c16-14-2-1-12(9-15(14)17)10-19-6-3-13(11-19)20-7-4-18-5-8-20/h1-2,9,13,18H,3-8,10-11H2. The van der Waals surface area contributed by atoms with Crippen LogP contribution in [0.5, 0.6) is 0 Å². The van der Waals surface area contributed by atoms with Crippen LogP contribution >= 0.6 is 15.9 Å². The van der Waals surface area contributed by atoms with E-state index in [-0.39, 0.29) is 5.82 Å². The predicted molar refractivity (Wildman–Crippen MR) is 82.2 cm³/mol. The zero-order valence-corrected chi connectivity index (χ0v) is 13.2. The number of nitrogens with one attached hydrogen (secondary N) is 1. The smallest absolute Gasteiger partial charge is 0.137 e. The van der Waals surface area contributed by atoms with Crippen molar-refractivity contribution in [1.29, 1.82) is 0 Å². The van der Waals surface area contributed by atoms with E-state index >= 15 is 0 Å². The number of benzene rings is 1. The summed E-state index contributed by atoms with van der Waals surface area (Å²) in [6.45, 7) is 7.61. The predicted octanol–water partition coefficient (Wildman–Crippen LogP) is 2.07. The average molecular weight is 342 g/mol. The Morgan fingerprint density at radius 1 is 1.25 bits per heavy atom. The lowest BCUT2D eigenvalue weighted by Crippen LogP contribution is -2.49. The van der Waals surface area contributed by atoms with E-state index in [1.54, 1.807) is 12.1 Å². The first-order valence-electron chi connectivity index (χ1n) is 7.33. The first-order valence-corrected chi connectivity index (χ1v) is 8.13. The van der Waals surface area contributed by atoms with Gasteiger partial charge in [-0.1, -0.05) is 6.07 Å². The molecule has 2 fully saturated rings. The van der Waals surface area contributed by atoms with Crippen LogP contribution in [0, 0.1) is 5.82 Å². The van der Waals surface area contributed by atoms with Crippen LogP contribution in [-0.2, 0) is 6.54 Å². The van der Waals surface area contributed by atoms with Crippen molar-refractivity contribution in [3.63, 3.8) is 0 Å². The third-order valence-corrected chi connectivity index (χ3v) is 4.95. The molecule has 1 aromatic carbocycles. The van der Waals surface area contributed by atoms with Crippen LogP contribution in [0.1, 0.15) is 12.0 Å². The van der Waals surface area contributed by atoms with Gasteiger partial charge in [0.1, 0.15) is 5.82 Å². The fourth-order valence-electron chi connectivity index (χ4n) is 3.20. The van der Waals surface area contributed by atoms with Crippen molar-refractivity contribution in [2.45, 2.75) is 19.0 Å². The van der Waals surface area contributed by atoms with Crippen molar-refractivity contribution in [2.75, 3.05) is 39.3 Å². The molecule has 5 heteroatoms. The summed E-state index contributed by atoms with van der Waals surface area (Å²) in [5.41, 5.74) is 1.06. The van der Waals surface area contributed by atoms with Crippen LogP contribution in [0.2, 0.25) is 0 Å². The van der Waals surface area contributed by atoms with Crippen LogP contribution in [0.15, 0.2) is 22.7 Å². The summed E-state index contributed by atoms with van der Waals surface area (Å²) in [7, 11) is 0. The van der Waals surface area contributed by atoms with Gasteiger partial charge in [-0.2, -0.15) is 0 Å². The Morgan fingerprint density at radius 3 is 2.80 bits per heavy atom. The largest absolute Gasteiger partial charge is 0.314 e. The fraction of sp³-hybridized carbons (Fsp3) is 0.600. The zero-order chi connectivity index (χ0) is 13.9. The molecule has 3 nitrogen and oxygen atoms in total. The molecule has 1 unspecified atom stereocenters. The van der Waals surface area contributed by atoms with Gasteiger partial charge in [-0.05, 0) is 40.0 Å². The number of nitrogens with zero attached hydrogens (tertiary/aromatic N) is 2. The Bertz CT molecular complexity index is 462. The summed E-state index contributed by atoms with van der Waals surface area (Å²) in [5, 5.41) is 3.40. The highest BCUT2D eigenvalue weighted by atomic mass is 79.9. The molecule has 1 aromatic rings. The number of likely N-dealkylation sites (tertiary alicyclic amines) is 1. The maximum atomic E-state index is 13.5. The normalized spacial score (nSPS) is 25.2. The van der Waals surface area contributed by atoms with Crippen LogP contribution in [0.4, 0.5) is 4.39 Å². The Morgan fingerprint density at radius 2 is 2.05 bits per heavy atom. The van der Waals surface area contributed by atoms with Gasteiger partial charge in [-0.25, -0.2) is 4.39 Å². The highest BCUT2D eigenvalue weighted by molar-refractivity contribution is 9.10. The van der Waals surface area contributed by atoms with Crippen LogP contribution < -0.4 is 5.32 Å². The van der Waals surface area contributed by atoms with Crippen LogP contribution in [0.25, 0.3) is 0 Å². The van der Waals surface area contributed by atoms with E-state index in [1.165, 1.54) is 6.42 Å².